The number of anilines is 1. The van der Waals surface area contributed by atoms with Crippen LogP contribution in [0, 0.1) is 0 Å². The highest BCUT2D eigenvalue weighted by Crippen LogP contribution is 2.18. The summed E-state index contributed by atoms with van der Waals surface area (Å²) >= 11 is 0. The molecule has 0 heterocycles. The number of carbonyl (C=O) groups excluding carboxylic acids is 1. The minimum atomic E-state index is -0.291. The van der Waals surface area contributed by atoms with Crippen LogP contribution >= 0.6 is 0 Å². The molecule has 0 aromatic heterocycles. The highest BCUT2D eigenvalue weighted by atomic mass is 16.5. The first-order valence-electron chi connectivity index (χ1n) is 8.41. The summed E-state index contributed by atoms with van der Waals surface area (Å²) in [6.45, 7) is 5.44. The third kappa shape index (κ3) is 4.75. The van der Waals surface area contributed by atoms with Crippen LogP contribution in [0.25, 0.3) is 0 Å². The molecular weight excluding hydrogens is 300 g/mol. The molecule has 0 radical (unpaired) electrons. The summed E-state index contributed by atoms with van der Waals surface area (Å²) in [7, 11) is 1.64. The second-order valence-corrected chi connectivity index (χ2v) is 5.63. The van der Waals surface area contributed by atoms with Gasteiger partial charge < -0.3 is 15.0 Å². The van der Waals surface area contributed by atoms with Crippen molar-refractivity contribution in [2.45, 2.75) is 26.3 Å². The van der Waals surface area contributed by atoms with Gasteiger partial charge in [0.15, 0.2) is 0 Å². The molecule has 0 aliphatic heterocycles. The van der Waals surface area contributed by atoms with Gasteiger partial charge in [0.05, 0.1) is 7.11 Å². The van der Waals surface area contributed by atoms with E-state index in [-0.39, 0.29) is 11.9 Å². The first kappa shape index (κ1) is 17.9. The molecular formula is C20H26N2O2. The smallest absolute Gasteiger partial charge is 0.245 e. The number of nitrogens with one attached hydrogen (secondary N) is 1. The molecule has 2 aromatic rings. The Hall–Kier alpha value is -2.49. The molecule has 0 saturated heterocycles. The van der Waals surface area contributed by atoms with Gasteiger partial charge in [-0.15, -0.1) is 0 Å². The van der Waals surface area contributed by atoms with Crippen molar-refractivity contribution in [3.8, 4) is 5.75 Å². The number of amides is 1. The molecule has 128 valence electrons. The number of hydrogen-bond acceptors (Lipinski definition) is 3. The van der Waals surface area contributed by atoms with E-state index in [2.05, 4.69) is 17.4 Å². The van der Waals surface area contributed by atoms with Gasteiger partial charge in [-0.3, -0.25) is 4.79 Å². The number of carbonyl (C=O) groups is 1. The second kappa shape index (κ2) is 8.96. The van der Waals surface area contributed by atoms with Crippen molar-refractivity contribution < 1.29 is 9.53 Å². The minimum absolute atomic E-state index is 0.125. The SMILES string of the molecule is CCN(CC)C(=O)C(Cc1ccccc1)Nc1ccc(OC)cc1. The van der Waals surface area contributed by atoms with Crippen molar-refractivity contribution in [2.24, 2.45) is 0 Å². The largest absolute Gasteiger partial charge is 0.497 e. The van der Waals surface area contributed by atoms with Crippen LogP contribution in [0.2, 0.25) is 0 Å². The van der Waals surface area contributed by atoms with Crippen LogP contribution in [0.5, 0.6) is 5.75 Å². The van der Waals surface area contributed by atoms with E-state index in [1.165, 1.54) is 0 Å². The van der Waals surface area contributed by atoms with E-state index in [4.69, 9.17) is 4.74 Å². The number of hydrogen-bond donors (Lipinski definition) is 1. The van der Waals surface area contributed by atoms with Crippen LogP contribution in [0.3, 0.4) is 0 Å². The lowest BCUT2D eigenvalue weighted by Crippen LogP contribution is -2.44. The van der Waals surface area contributed by atoms with Crippen molar-refractivity contribution in [1.82, 2.24) is 4.90 Å². The highest BCUT2D eigenvalue weighted by molar-refractivity contribution is 5.85. The van der Waals surface area contributed by atoms with Gasteiger partial charge in [0.2, 0.25) is 5.91 Å². The molecule has 24 heavy (non-hydrogen) atoms. The second-order valence-electron chi connectivity index (χ2n) is 5.63. The Labute approximate surface area is 144 Å². The van der Waals surface area contributed by atoms with Gasteiger partial charge in [0.25, 0.3) is 0 Å². The summed E-state index contributed by atoms with van der Waals surface area (Å²) in [4.78, 5) is 14.7. The number of ether oxygens (including phenoxy) is 1. The summed E-state index contributed by atoms with van der Waals surface area (Å²) in [5.74, 6) is 0.926. The topological polar surface area (TPSA) is 41.6 Å². The lowest BCUT2D eigenvalue weighted by atomic mass is 10.0. The average Bonchev–Trinajstić information content (AvgIpc) is 2.63. The van der Waals surface area contributed by atoms with E-state index in [9.17, 15) is 4.79 Å². The van der Waals surface area contributed by atoms with E-state index in [0.717, 1.165) is 17.0 Å². The third-order valence-electron chi connectivity index (χ3n) is 4.09. The number of rotatable bonds is 8. The van der Waals surface area contributed by atoms with Gasteiger partial charge in [-0.25, -0.2) is 0 Å². The van der Waals surface area contributed by atoms with Gasteiger partial charge in [0.1, 0.15) is 11.8 Å². The van der Waals surface area contributed by atoms with Crippen LogP contribution in [0.4, 0.5) is 5.69 Å². The van der Waals surface area contributed by atoms with Crippen LogP contribution in [0.15, 0.2) is 54.6 Å². The predicted octanol–water partition coefficient (Wildman–Crippen LogP) is 3.59. The molecule has 1 N–H and O–H groups in total. The number of methoxy groups -OCH3 is 1. The third-order valence-corrected chi connectivity index (χ3v) is 4.09. The van der Waals surface area contributed by atoms with Gasteiger partial charge in [-0.1, -0.05) is 30.3 Å². The zero-order chi connectivity index (χ0) is 17.4. The fourth-order valence-electron chi connectivity index (χ4n) is 2.69. The maximum atomic E-state index is 12.9. The van der Waals surface area contributed by atoms with Crippen LogP contribution < -0.4 is 10.1 Å². The Balaban J connectivity index is 2.18. The molecule has 1 atom stereocenters. The molecule has 1 amide bonds. The zero-order valence-electron chi connectivity index (χ0n) is 14.7. The Bertz CT molecular complexity index is 622. The molecule has 0 spiro atoms. The molecule has 0 bridgehead atoms. The van der Waals surface area contributed by atoms with E-state index < -0.39 is 0 Å². The van der Waals surface area contributed by atoms with E-state index >= 15 is 0 Å². The van der Waals surface area contributed by atoms with Crippen molar-refractivity contribution in [3.63, 3.8) is 0 Å². The van der Waals surface area contributed by atoms with Gasteiger partial charge in [-0.2, -0.15) is 0 Å². The van der Waals surface area contributed by atoms with Crippen molar-refractivity contribution in [3.05, 3.63) is 60.2 Å². The molecule has 4 heteroatoms. The summed E-state index contributed by atoms with van der Waals surface area (Å²) in [6, 6.07) is 17.5. The summed E-state index contributed by atoms with van der Waals surface area (Å²) in [5.41, 5.74) is 2.06. The first-order chi connectivity index (χ1) is 11.7. The molecule has 1 unspecified atom stereocenters. The van der Waals surface area contributed by atoms with Crippen molar-refractivity contribution in [1.29, 1.82) is 0 Å². The summed E-state index contributed by atoms with van der Waals surface area (Å²) < 4.78 is 5.19. The molecule has 4 nitrogen and oxygen atoms in total. The van der Waals surface area contributed by atoms with E-state index in [0.29, 0.717) is 19.5 Å². The summed E-state index contributed by atoms with van der Waals surface area (Å²) in [5, 5.41) is 3.38. The van der Waals surface area contributed by atoms with Gasteiger partial charge in [0, 0.05) is 25.2 Å². The fraction of sp³-hybridized carbons (Fsp3) is 0.350. The molecule has 0 aliphatic carbocycles. The van der Waals surface area contributed by atoms with Gasteiger partial charge in [-0.05, 0) is 43.7 Å². The molecule has 2 aromatic carbocycles. The van der Waals surface area contributed by atoms with Crippen molar-refractivity contribution in [2.75, 3.05) is 25.5 Å². The Morgan fingerprint density at radius 2 is 1.67 bits per heavy atom. The molecule has 0 saturated carbocycles. The normalized spacial score (nSPS) is 11.6. The maximum Gasteiger partial charge on any atom is 0.245 e. The zero-order valence-corrected chi connectivity index (χ0v) is 14.7. The van der Waals surface area contributed by atoms with E-state index in [1.54, 1.807) is 7.11 Å². The van der Waals surface area contributed by atoms with Gasteiger partial charge >= 0.3 is 0 Å². The van der Waals surface area contributed by atoms with Crippen LogP contribution in [-0.4, -0.2) is 37.0 Å². The number of benzene rings is 2. The molecule has 0 aliphatic rings. The lowest BCUT2D eigenvalue weighted by molar-refractivity contribution is -0.131. The number of nitrogens with zero attached hydrogens (tertiary/aromatic N) is 1. The molecule has 0 fully saturated rings. The standard InChI is InChI=1S/C20H26N2O2/c1-4-22(5-2)20(23)19(15-16-9-7-6-8-10-16)21-17-11-13-18(24-3)14-12-17/h6-14,19,21H,4-5,15H2,1-3H3. The average molecular weight is 326 g/mol. The lowest BCUT2D eigenvalue weighted by Gasteiger charge is -2.26. The summed E-state index contributed by atoms with van der Waals surface area (Å²) in [6.07, 6.45) is 0.655. The minimum Gasteiger partial charge on any atom is -0.497 e. The molecule has 2 rings (SSSR count). The Kier molecular flexibility index (Phi) is 6.67. The monoisotopic (exact) mass is 326 g/mol. The Morgan fingerprint density at radius 3 is 2.21 bits per heavy atom. The predicted molar refractivity (Wildman–Crippen MR) is 98.5 cm³/mol. The van der Waals surface area contributed by atoms with Crippen LogP contribution in [-0.2, 0) is 11.2 Å². The van der Waals surface area contributed by atoms with E-state index in [1.807, 2.05) is 61.2 Å². The van der Waals surface area contributed by atoms with Crippen LogP contribution in [0.1, 0.15) is 19.4 Å². The number of likely N-dealkylation sites (N-methyl/N-ethyl adjacent to an activating group) is 1. The maximum absolute atomic E-state index is 12.9. The highest BCUT2D eigenvalue weighted by Gasteiger charge is 2.23. The Morgan fingerprint density at radius 1 is 1.04 bits per heavy atom. The quantitative estimate of drug-likeness (QED) is 0.806. The first-order valence-corrected chi connectivity index (χ1v) is 8.41. The van der Waals surface area contributed by atoms with Crippen molar-refractivity contribution >= 4 is 11.6 Å². The fourth-order valence-corrected chi connectivity index (χ4v) is 2.69.